The molecule has 0 bridgehead atoms. The minimum Gasteiger partial charge on any atom is -0.365 e. The van der Waals surface area contributed by atoms with Crippen molar-refractivity contribution < 1.29 is 0 Å². The lowest BCUT2D eigenvalue weighted by Gasteiger charge is -2.48. The van der Waals surface area contributed by atoms with Gasteiger partial charge >= 0.3 is 0 Å². The molecule has 1 saturated heterocycles. The number of anilines is 1. The van der Waals surface area contributed by atoms with Crippen molar-refractivity contribution in [1.82, 2.24) is 5.32 Å². The molecule has 1 N–H and O–H groups in total. The van der Waals surface area contributed by atoms with E-state index < -0.39 is 0 Å². The van der Waals surface area contributed by atoms with Gasteiger partial charge in [-0.25, -0.2) is 0 Å². The van der Waals surface area contributed by atoms with Gasteiger partial charge in [0.15, 0.2) is 0 Å². The highest BCUT2D eigenvalue weighted by atomic mass is 79.9. The molecule has 0 aromatic heterocycles. The summed E-state index contributed by atoms with van der Waals surface area (Å²) >= 11 is 3.61. The van der Waals surface area contributed by atoms with Gasteiger partial charge in [-0.3, -0.25) is 0 Å². The molecule has 1 heterocycles. The predicted octanol–water partition coefficient (Wildman–Crippen LogP) is 4.42. The summed E-state index contributed by atoms with van der Waals surface area (Å²) in [6.07, 6.45) is 2.36. The Morgan fingerprint density at radius 1 is 1.25 bits per heavy atom. The van der Waals surface area contributed by atoms with Crippen LogP contribution in [-0.2, 0) is 0 Å². The number of hydrogen-bond donors (Lipinski definition) is 1. The Labute approximate surface area is 132 Å². The molecule has 112 valence electrons. The van der Waals surface area contributed by atoms with Crippen LogP contribution in [0.25, 0.3) is 0 Å². The summed E-state index contributed by atoms with van der Waals surface area (Å²) in [5.74, 6) is 0. The predicted molar refractivity (Wildman–Crippen MR) is 91.7 cm³/mol. The summed E-state index contributed by atoms with van der Waals surface area (Å²) in [6, 6.07) is 5.01. The quantitative estimate of drug-likeness (QED) is 0.877. The van der Waals surface area contributed by atoms with Gasteiger partial charge in [-0.1, -0.05) is 29.8 Å². The van der Waals surface area contributed by atoms with E-state index in [2.05, 4.69) is 72.9 Å². The SMILES string of the molecule is CCC1(CC)CN(c2c(C)cc(Br)cc2C)C(C)CN1. The maximum atomic E-state index is 3.78. The lowest BCUT2D eigenvalue weighted by atomic mass is 9.88. The highest BCUT2D eigenvalue weighted by Crippen LogP contribution is 2.33. The van der Waals surface area contributed by atoms with Crippen LogP contribution < -0.4 is 10.2 Å². The van der Waals surface area contributed by atoms with Crippen molar-refractivity contribution in [3.8, 4) is 0 Å². The number of halogens is 1. The van der Waals surface area contributed by atoms with Crippen molar-refractivity contribution in [1.29, 1.82) is 0 Å². The lowest BCUT2D eigenvalue weighted by molar-refractivity contribution is 0.253. The summed E-state index contributed by atoms with van der Waals surface area (Å²) in [5.41, 5.74) is 4.42. The minimum atomic E-state index is 0.262. The topological polar surface area (TPSA) is 15.3 Å². The Morgan fingerprint density at radius 3 is 2.30 bits per heavy atom. The second-order valence-corrected chi connectivity index (χ2v) is 7.15. The molecule has 0 aliphatic carbocycles. The highest BCUT2D eigenvalue weighted by Gasteiger charge is 2.36. The van der Waals surface area contributed by atoms with Crippen LogP contribution in [0.1, 0.15) is 44.7 Å². The van der Waals surface area contributed by atoms with Crippen LogP contribution in [0, 0.1) is 13.8 Å². The van der Waals surface area contributed by atoms with E-state index in [1.165, 1.54) is 34.1 Å². The largest absolute Gasteiger partial charge is 0.365 e. The van der Waals surface area contributed by atoms with E-state index in [4.69, 9.17) is 0 Å². The fourth-order valence-corrected chi connectivity index (χ4v) is 4.08. The zero-order valence-electron chi connectivity index (χ0n) is 13.4. The first-order valence-corrected chi connectivity index (χ1v) is 8.50. The molecule has 20 heavy (non-hydrogen) atoms. The first-order valence-electron chi connectivity index (χ1n) is 7.71. The highest BCUT2D eigenvalue weighted by molar-refractivity contribution is 9.10. The third kappa shape index (κ3) is 2.89. The van der Waals surface area contributed by atoms with E-state index in [1.807, 2.05) is 0 Å². The van der Waals surface area contributed by atoms with Crippen LogP contribution in [-0.4, -0.2) is 24.7 Å². The third-order valence-electron chi connectivity index (χ3n) is 4.87. The fourth-order valence-electron chi connectivity index (χ4n) is 3.39. The molecule has 1 fully saturated rings. The summed E-state index contributed by atoms with van der Waals surface area (Å²) < 4.78 is 1.18. The summed E-state index contributed by atoms with van der Waals surface area (Å²) in [7, 11) is 0. The Hall–Kier alpha value is -0.540. The van der Waals surface area contributed by atoms with E-state index in [0.717, 1.165) is 13.1 Å². The second kappa shape index (κ2) is 6.07. The van der Waals surface area contributed by atoms with Crippen molar-refractivity contribution in [3.63, 3.8) is 0 Å². The molecule has 0 amide bonds. The van der Waals surface area contributed by atoms with Crippen LogP contribution in [0.5, 0.6) is 0 Å². The molecule has 3 heteroatoms. The zero-order chi connectivity index (χ0) is 14.9. The van der Waals surface area contributed by atoms with Gasteiger partial charge < -0.3 is 10.2 Å². The smallest absolute Gasteiger partial charge is 0.0429 e. The van der Waals surface area contributed by atoms with Crippen molar-refractivity contribution >= 4 is 21.6 Å². The van der Waals surface area contributed by atoms with E-state index >= 15 is 0 Å². The molecule has 0 radical (unpaired) electrons. The van der Waals surface area contributed by atoms with Gasteiger partial charge in [0.25, 0.3) is 0 Å². The average Bonchev–Trinajstić information content (AvgIpc) is 2.40. The molecule has 1 aliphatic heterocycles. The van der Waals surface area contributed by atoms with Gasteiger partial charge in [-0.05, 0) is 56.9 Å². The van der Waals surface area contributed by atoms with Crippen LogP contribution in [0.15, 0.2) is 16.6 Å². The molecule has 2 nitrogen and oxygen atoms in total. The van der Waals surface area contributed by atoms with Gasteiger partial charge in [0.2, 0.25) is 0 Å². The van der Waals surface area contributed by atoms with Crippen LogP contribution in [0.3, 0.4) is 0 Å². The maximum Gasteiger partial charge on any atom is 0.0429 e. The van der Waals surface area contributed by atoms with Crippen molar-refractivity contribution in [2.24, 2.45) is 0 Å². The fraction of sp³-hybridized carbons (Fsp3) is 0.647. The van der Waals surface area contributed by atoms with E-state index in [9.17, 15) is 0 Å². The molecule has 1 unspecified atom stereocenters. The Bertz CT molecular complexity index is 457. The molecular weight excluding hydrogens is 312 g/mol. The number of nitrogens with one attached hydrogen (secondary N) is 1. The number of piperazine rings is 1. The van der Waals surface area contributed by atoms with Crippen LogP contribution >= 0.6 is 15.9 Å². The van der Waals surface area contributed by atoms with Crippen LogP contribution in [0.2, 0.25) is 0 Å². The molecular formula is C17H27BrN2. The van der Waals surface area contributed by atoms with Crippen molar-refractivity contribution in [2.75, 3.05) is 18.0 Å². The summed E-state index contributed by atoms with van der Waals surface area (Å²) in [6.45, 7) is 13.5. The molecule has 1 atom stereocenters. The molecule has 1 aromatic carbocycles. The van der Waals surface area contributed by atoms with Gasteiger partial charge in [-0.15, -0.1) is 0 Å². The molecule has 1 aliphatic rings. The monoisotopic (exact) mass is 338 g/mol. The normalized spacial score (nSPS) is 22.1. The Kier molecular flexibility index (Phi) is 4.80. The third-order valence-corrected chi connectivity index (χ3v) is 5.33. The number of nitrogens with zero attached hydrogens (tertiary/aromatic N) is 1. The second-order valence-electron chi connectivity index (χ2n) is 6.23. The Morgan fingerprint density at radius 2 is 1.80 bits per heavy atom. The van der Waals surface area contributed by atoms with E-state index in [1.54, 1.807) is 0 Å². The first kappa shape index (κ1) is 15.8. The number of hydrogen-bond acceptors (Lipinski definition) is 2. The number of benzene rings is 1. The number of aryl methyl sites for hydroxylation is 2. The minimum absolute atomic E-state index is 0.262. The molecule has 0 spiro atoms. The average molecular weight is 339 g/mol. The maximum absolute atomic E-state index is 3.78. The van der Waals surface area contributed by atoms with Gasteiger partial charge in [0.1, 0.15) is 0 Å². The van der Waals surface area contributed by atoms with Gasteiger partial charge in [-0.2, -0.15) is 0 Å². The van der Waals surface area contributed by atoms with Crippen molar-refractivity contribution in [2.45, 2.75) is 59.0 Å². The van der Waals surface area contributed by atoms with Crippen molar-refractivity contribution in [3.05, 3.63) is 27.7 Å². The number of rotatable bonds is 3. The summed E-state index contributed by atoms with van der Waals surface area (Å²) in [4.78, 5) is 2.61. The molecule has 0 saturated carbocycles. The van der Waals surface area contributed by atoms with E-state index in [-0.39, 0.29) is 5.54 Å². The Balaban J connectivity index is 2.40. The standard InChI is InChI=1S/C17H27BrN2/c1-6-17(7-2)11-20(14(5)10-19-17)16-12(3)8-15(18)9-13(16)4/h8-9,14,19H,6-7,10-11H2,1-5H3. The summed E-state index contributed by atoms with van der Waals surface area (Å²) in [5, 5.41) is 3.78. The van der Waals surface area contributed by atoms with Gasteiger partial charge in [0.05, 0.1) is 0 Å². The van der Waals surface area contributed by atoms with Crippen LogP contribution in [0.4, 0.5) is 5.69 Å². The molecule has 2 rings (SSSR count). The van der Waals surface area contributed by atoms with Gasteiger partial charge in [0, 0.05) is 34.8 Å². The van der Waals surface area contributed by atoms with E-state index in [0.29, 0.717) is 6.04 Å². The zero-order valence-corrected chi connectivity index (χ0v) is 15.0. The first-order chi connectivity index (χ1) is 9.42. The lowest BCUT2D eigenvalue weighted by Crippen LogP contribution is -2.63. The molecule has 1 aromatic rings.